The predicted octanol–water partition coefficient (Wildman–Crippen LogP) is 1.58. The van der Waals surface area contributed by atoms with Crippen molar-refractivity contribution in [1.82, 2.24) is 10.6 Å². The number of rotatable bonds is 5. The summed E-state index contributed by atoms with van der Waals surface area (Å²) in [7, 11) is 1.88. The third-order valence-electron chi connectivity index (χ3n) is 2.37. The number of hydrogen-bond acceptors (Lipinski definition) is 3. The standard InChI is InChI=1S/C12H17IN2O2/c1-8(6-14-2)7-15-12(17)10-5-9(13)3-4-11(10)16/h3-5,8,14,16H,6-7H2,1-2H3,(H,15,17). The van der Waals surface area contributed by atoms with E-state index < -0.39 is 0 Å². The third-order valence-corrected chi connectivity index (χ3v) is 3.04. The molecule has 0 aliphatic heterocycles. The first-order valence-corrected chi connectivity index (χ1v) is 6.53. The summed E-state index contributed by atoms with van der Waals surface area (Å²) in [6.07, 6.45) is 0. The van der Waals surface area contributed by atoms with Gasteiger partial charge in [0.15, 0.2) is 0 Å². The number of amides is 1. The number of aromatic hydroxyl groups is 1. The van der Waals surface area contributed by atoms with Gasteiger partial charge in [0.2, 0.25) is 0 Å². The number of phenols is 1. The molecule has 0 spiro atoms. The van der Waals surface area contributed by atoms with Gasteiger partial charge in [-0.15, -0.1) is 0 Å². The number of benzene rings is 1. The first-order chi connectivity index (χ1) is 8.04. The molecule has 0 fully saturated rings. The maximum absolute atomic E-state index is 11.8. The molecule has 1 unspecified atom stereocenters. The second-order valence-electron chi connectivity index (χ2n) is 4.03. The molecule has 17 heavy (non-hydrogen) atoms. The molecule has 3 N–H and O–H groups in total. The Labute approximate surface area is 115 Å². The lowest BCUT2D eigenvalue weighted by molar-refractivity contribution is 0.0945. The topological polar surface area (TPSA) is 61.4 Å². The summed E-state index contributed by atoms with van der Waals surface area (Å²) in [4.78, 5) is 11.8. The van der Waals surface area contributed by atoms with Gasteiger partial charge in [-0.05, 0) is 60.3 Å². The van der Waals surface area contributed by atoms with E-state index >= 15 is 0 Å². The van der Waals surface area contributed by atoms with Gasteiger partial charge in [-0.3, -0.25) is 4.79 Å². The van der Waals surface area contributed by atoms with Crippen LogP contribution in [0.3, 0.4) is 0 Å². The van der Waals surface area contributed by atoms with Gasteiger partial charge in [0.1, 0.15) is 5.75 Å². The van der Waals surface area contributed by atoms with E-state index in [4.69, 9.17) is 0 Å². The van der Waals surface area contributed by atoms with Gasteiger partial charge < -0.3 is 15.7 Å². The first kappa shape index (κ1) is 14.2. The van der Waals surface area contributed by atoms with Crippen molar-refractivity contribution >= 4 is 28.5 Å². The maximum atomic E-state index is 11.8. The van der Waals surface area contributed by atoms with Crippen molar-refractivity contribution in [3.05, 3.63) is 27.3 Å². The summed E-state index contributed by atoms with van der Waals surface area (Å²) in [6, 6.07) is 4.97. The molecule has 1 aromatic carbocycles. The highest BCUT2D eigenvalue weighted by Gasteiger charge is 2.12. The smallest absolute Gasteiger partial charge is 0.255 e. The second kappa shape index (κ2) is 6.80. The Morgan fingerprint density at radius 2 is 2.18 bits per heavy atom. The zero-order chi connectivity index (χ0) is 12.8. The van der Waals surface area contributed by atoms with E-state index in [1.807, 2.05) is 14.0 Å². The Morgan fingerprint density at radius 1 is 1.47 bits per heavy atom. The quantitative estimate of drug-likeness (QED) is 0.708. The maximum Gasteiger partial charge on any atom is 0.255 e. The van der Waals surface area contributed by atoms with Crippen LogP contribution in [0.2, 0.25) is 0 Å². The van der Waals surface area contributed by atoms with Crippen LogP contribution >= 0.6 is 22.6 Å². The Balaban J connectivity index is 2.61. The van der Waals surface area contributed by atoms with Gasteiger partial charge in [0.05, 0.1) is 5.56 Å². The molecule has 0 saturated carbocycles. The molecule has 0 bridgehead atoms. The van der Waals surface area contributed by atoms with Crippen molar-refractivity contribution < 1.29 is 9.90 Å². The fourth-order valence-electron chi connectivity index (χ4n) is 1.47. The number of halogens is 1. The van der Waals surface area contributed by atoms with Crippen molar-refractivity contribution in [2.75, 3.05) is 20.1 Å². The average molecular weight is 348 g/mol. The molecule has 0 aliphatic rings. The number of carbonyl (C=O) groups is 1. The Kier molecular flexibility index (Phi) is 5.70. The lowest BCUT2D eigenvalue weighted by Gasteiger charge is -2.12. The van der Waals surface area contributed by atoms with E-state index in [9.17, 15) is 9.90 Å². The highest BCUT2D eigenvalue weighted by atomic mass is 127. The molecule has 1 aromatic rings. The summed E-state index contributed by atoms with van der Waals surface area (Å²) < 4.78 is 0.925. The SMILES string of the molecule is CNCC(C)CNC(=O)c1cc(I)ccc1O. The summed E-state index contributed by atoms with van der Waals surface area (Å²) in [5, 5.41) is 15.5. The van der Waals surface area contributed by atoms with Gasteiger partial charge in [0.25, 0.3) is 5.91 Å². The van der Waals surface area contributed by atoms with E-state index in [0.717, 1.165) is 10.1 Å². The Bertz CT molecular complexity index is 396. The van der Waals surface area contributed by atoms with Crippen LogP contribution in [0.15, 0.2) is 18.2 Å². The van der Waals surface area contributed by atoms with Crippen LogP contribution in [0.4, 0.5) is 0 Å². The lowest BCUT2D eigenvalue weighted by atomic mass is 10.1. The minimum atomic E-state index is -0.232. The van der Waals surface area contributed by atoms with Crippen LogP contribution in [-0.4, -0.2) is 31.2 Å². The molecule has 0 heterocycles. The van der Waals surface area contributed by atoms with Crippen molar-refractivity contribution in [1.29, 1.82) is 0 Å². The molecule has 5 heteroatoms. The van der Waals surface area contributed by atoms with Gasteiger partial charge in [0, 0.05) is 10.1 Å². The van der Waals surface area contributed by atoms with Crippen molar-refractivity contribution in [3.8, 4) is 5.75 Å². The van der Waals surface area contributed by atoms with Crippen molar-refractivity contribution in [2.45, 2.75) is 6.92 Å². The van der Waals surface area contributed by atoms with E-state index in [1.54, 1.807) is 12.1 Å². The molecule has 4 nitrogen and oxygen atoms in total. The second-order valence-corrected chi connectivity index (χ2v) is 5.28. The van der Waals surface area contributed by atoms with E-state index in [-0.39, 0.29) is 11.7 Å². The van der Waals surface area contributed by atoms with E-state index in [2.05, 4.69) is 33.2 Å². The highest BCUT2D eigenvalue weighted by Crippen LogP contribution is 2.19. The summed E-state index contributed by atoms with van der Waals surface area (Å²) in [5.74, 6) is 0.141. The van der Waals surface area contributed by atoms with E-state index in [0.29, 0.717) is 18.0 Å². The summed E-state index contributed by atoms with van der Waals surface area (Å²) >= 11 is 2.11. The fourth-order valence-corrected chi connectivity index (χ4v) is 1.96. The van der Waals surface area contributed by atoms with Crippen LogP contribution in [0, 0.1) is 9.49 Å². The largest absolute Gasteiger partial charge is 0.507 e. The highest BCUT2D eigenvalue weighted by molar-refractivity contribution is 14.1. The zero-order valence-corrected chi connectivity index (χ0v) is 12.1. The van der Waals surface area contributed by atoms with Gasteiger partial charge >= 0.3 is 0 Å². The minimum Gasteiger partial charge on any atom is -0.507 e. The average Bonchev–Trinajstić information content (AvgIpc) is 2.29. The van der Waals surface area contributed by atoms with Crippen LogP contribution in [0.1, 0.15) is 17.3 Å². The van der Waals surface area contributed by atoms with Crippen molar-refractivity contribution in [3.63, 3.8) is 0 Å². The van der Waals surface area contributed by atoms with Crippen LogP contribution in [0.5, 0.6) is 5.75 Å². The summed E-state index contributed by atoms with van der Waals surface area (Å²) in [6.45, 7) is 3.48. The Morgan fingerprint density at radius 3 is 2.82 bits per heavy atom. The Hall–Kier alpha value is -0.820. The van der Waals surface area contributed by atoms with Crippen molar-refractivity contribution in [2.24, 2.45) is 5.92 Å². The van der Waals surface area contributed by atoms with Crippen LogP contribution < -0.4 is 10.6 Å². The molecule has 1 rings (SSSR count). The predicted molar refractivity (Wildman–Crippen MR) is 76.2 cm³/mol. The fraction of sp³-hybridized carbons (Fsp3) is 0.417. The van der Waals surface area contributed by atoms with Gasteiger partial charge in [-0.1, -0.05) is 6.92 Å². The van der Waals surface area contributed by atoms with E-state index in [1.165, 1.54) is 6.07 Å². The molecule has 0 radical (unpaired) electrons. The lowest BCUT2D eigenvalue weighted by Crippen LogP contribution is -2.32. The molecule has 0 saturated heterocycles. The normalized spacial score (nSPS) is 12.2. The summed E-state index contributed by atoms with van der Waals surface area (Å²) in [5.41, 5.74) is 0.327. The molecule has 0 aliphatic carbocycles. The molecular formula is C12H17IN2O2. The number of phenolic OH excluding ortho intramolecular Hbond substituents is 1. The third kappa shape index (κ3) is 4.51. The minimum absolute atomic E-state index is 0.0178. The van der Waals surface area contributed by atoms with Gasteiger partial charge in [-0.25, -0.2) is 0 Å². The van der Waals surface area contributed by atoms with Gasteiger partial charge in [-0.2, -0.15) is 0 Å². The number of hydrogen-bond donors (Lipinski definition) is 3. The molecule has 0 aromatic heterocycles. The van der Waals surface area contributed by atoms with Crippen LogP contribution in [0.25, 0.3) is 0 Å². The zero-order valence-electron chi connectivity index (χ0n) is 9.96. The number of nitrogens with one attached hydrogen (secondary N) is 2. The van der Waals surface area contributed by atoms with Crippen LogP contribution in [-0.2, 0) is 0 Å². The molecule has 1 atom stereocenters. The molecular weight excluding hydrogens is 331 g/mol. The monoisotopic (exact) mass is 348 g/mol. The first-order valence-electron chi connectivity index (χ1n) is 5.46. The molecule has 1 amide bonds. The number of carbonyl (C=O) groups excluding carboxylic acids is 1. The molecule has 94 valence electrons.